The number of aromatic nitrogens is 2. The Balaban J connectivity index is 1.78. The minimum atomic E-state index is -1.13. The van der Waals surface area contributed by atoms with Crippen LogP contribution in [-0.4, -0.2) is 77.0 Å². The number of carbonyl (C=O) groups is 3. The van der Waals surface area contributed by atoms with E-state index >= 15 is 0 Å². The summed E-state index contributed by atoms with van der Waals surface area (Å²) in [4.78, 5) is 48.1. The average molecular weight is 523 g/mol. The van der Waals surface area contributed by atoms with Crippen molar-refractivity contribution in [2.75, 3.05) is 14.1 Å². The summed E-state index contributed by atoms with van der Waals surface area (Å²) in [6.45, 7) is 7.82. The molecular formula is C27H38BN5O5. The van der Waals surface area contributed by atoms with E-state index in [0.717, 1.165) is 12.8 Å². The van der Waals surface area contributed by atoms with Crippen LogP contribution < -0.4 is 10.6 Å². The van der Waals surface area contributed by atoms with Crippen molar-refractivity contribution >= 4 is 24.8 Å². The van der Waals surface area contributed by atoms with Crippen molar-refractivity contribution in [1.82, 2.24) is 25.5 Å². The number of rotatable bonds is 11. The molecule has 3 amide bonds. The lowest BCUT2D eigenvalue weighted by molar-refractivity contribution is -0.133. The molecule has 2 heterocycles. The Bertz CT molecular complexity index is 1080. The number of aryl methyl sites for hydroxylation is 1. The molecule has 0 radical (unpaired) electrons. The predicted octanol–water partition coefficient (Wildman–Crippen LogP) is 2.19. The fourth-order valence-corrected chi connectivity index (χ4v) is 4.00. The molecule has 0 bridgehead atoms. The van der Waals surface area contributed by atoms with E-state index in [4.69, 9.17) is 9.31 Å². The van der Waals surface area contributed by atoms with E-state index < -0.39 is 42.1 Å². The van der Waals surface area contributed by atoms with Crippen LogP contribution in [-0.2, 0) is 25.3 Å². The van der Waals surface area contributed by atoms with Gasteiger partial charge in [-0.15, -0.1) is 0 Å². The SMILES string of the molecule is CN(C)C(=O)C[C@@H](NC(=O)c1cnccn1)C(=O)N[C@@H](CCCc1ccccc1)B1OC(C)(C)C(C)(C)O1. The lowest BCUT2D eigenvalue weighted by Gasteiger charge is -2.32. The van der Waals surface area contributed by atoms with E-state index in [1.54, 1.807) is 14.1 Å². The highest BCUT2D eigenvalue weighted by Crippen LogP contribution is 2.38. The van der Waals surface area contributed by atoms with Crippen molar-refractivity contribution in [3.63, 3.8) is 0 Å². The maximum Gasteiger partial charge on any atom is 0.481 e. The summed E-state index contributed by atoms with van der Waals surface area (Å²) in [7, 11) is 2.50. The molecule has 11 heteroatoms. The van der Waals surface area contributed by atoms with Crippen LogP contribution in [0.2, 0.25) is 0 Å². The Kier molecular flexibility index (Phi) is 9.62. The fourth-order valence-electron chi connectivity index (χ4n) is 4.00. The van der Waals surface area contributed by atoms with E-state index in [2.05, 4.69) is 32.7 Å². The van der Waals surface area contributed by atoms with Crippen LogP contribution in [0.3, 0.4) is 0 Å². The van der Waals surface area contributed by atoms with Crippen molar-refractivity contribution in [2.24, 2.45) is 0 Å². The number of nitrogens with one attached hydrogen (secondary N) is 2. The molecule has 3 rings (SSSR count). The molecule has 1 aliphatic rings. The highest BCUT2D eigenvalue weighted by atomic mass is 16.7. The zero-order valence-corrected chi connectivity index (χ0v) is 23.1. The van der Waals surface area contributed by atoms with Crippen molar-refractivity contribution in [2.45, 2.75) is 76.6 Å². The third kappa shape index (κ3) is 7.61. The largest absolute Gasteiger partial charge is 0.481 e. The Morgan fingerprint density at radius 3 is 2.24 bits per heavy atom. The first kappa shape index (κ1) is 29.3. The van der Waals surface area contributed by atoms with Gasteiger partial charge in [-0.1, -0.05) is 30.3 Å². The summed E-state index contributed by atoms with van der Waals surface area (Å²) >= 11 is 0. The van der Waals surface area contributed by atoms with Gasteiger partial charge in [-0.25, -0.2) is 4.98 Å². The highest BCUT2D eigenvalue weighted by molar-refractivity contribution is 6.48. The number of amides is 3. The van der Waals surface area contributed by atoms with Crippen molar-refractivity contribution < 1.29 is 23.7 Å². The molecule has 0 aliphatic carbocycles. The Morgan fingerprint density at radius 1 is 1.00 bits per heavy atom. The summed E-state index contributed by atoms with van der Waals surface area (Å²) in [5, 5.41) is 5.66. The van der Waals surface area contributed by atoms with Gasteiger partial charge in [0.25, 0.3) is 5.91 Å². The Labute approximate surface area is 225 Å². The van der Waals surface area contributed by atoms with Crippen molar-refractivity contribution in [3.05, 3.63) is 60.2 Å². The second-order valence-electron chi connectivity index (χ2n) is 10.7. The van der Waals surface area contributed by atoms with Crippen LogP contribution in [0.25, 0.3) is 0 Å². The standard InChI is InChI=1S/C27H38BN5O5/c1-26(2)27(3,4)38-28(37-26)22(14-10-13-19-11-8-7-9-12-19)32-24(35)20(17-23(34)33(5)6)31-25(36)21-18-29-15-16-30-21/h7-9,11-12,15-16,18,20,22H,10,13-14,17H2,1-6H3,(H,31,36)(H,32,35)/t20-,22+/m1/s1. The third-order valence-corrected chi connectivity index (χ3v) is 7.05. The van der Waals surface area contributed by atoms with Crippen molar-refractivity contribution in [3.8, 4) is 0 Å². The van der Waals surface area contributed by atoms with Gasteiger partial charge < -0.3 is 24.8 Å². The molecule has 1 saturated heterocycles. The van der Waals surface area contributed by atoms with Gasteiger partial charge in [0, 0.05) is 26.5 Å². The maximum absolute atomic E-state index is 13.5. The molecule has 1 aromatic heterocycles. The molecule has 1 fully saturated rings. The number of hydrogen-bond donors (Lipinski definition) is 2. The molecule has 10 nitrogen and oxygen atoms in total. The van der Waals surface area contributed by atoms with Crippen molar-refractivity contribution in [1.29, 1.82) is 0 Å². The molecule has 38 heavy (non-hydrogen) atoms. The van der Waals surface area contributed by atoms with E-state index in [-0.39, 0.29) is 18.0 Å². The zero-order chi connectivity index (χ0) is 27.9. The number of benzene rings is 1. The van der Waals surface area contributed by atoms with Gasteiger partial charge in [-0.05, 0) is 52.5 Å². The minimum absolute atomic E-state index is 0.0490. The quantitative estimate of drug-likeness (QED) is 0.433. The van der Waals surface area contributed by atoms with Gasteiger partial charge in [0.05, 0.1) is 29.8 Å². The highest BCUT2D eigenvalue weighted by Gasteiger charge is 2.54. The van der Waals surface area contributed by atoms with Crippen LogP contribution in [0.5, 0.6) is 0 Å². The first-order valence-corrected chi connectivity index (χ1v) is 12.9. The summed E-state index contributed by atoms with van der Waals surface area (Å²) in [5.74, 6) is -1.91. The monoisotopic (exact) mass is 523 g/mol. The first-order valence-electron chi connectivity index (χ1n) is 12.9. The topological polar surface area (TPSA) is 123 Å². The molecule has 0 unspecified atom stereocenters. The van der Waals surface area contributed by atoms with E-state index in [1.165, 1.54) is 29.1 Å². The predicted molar refractivity (Wildman–Crippen MR) is 144 cm³/mol. The lowest BCUT2D eigenvalue weighted by atomic mass is 9.75. The normalized spacial score (nSPS) is 17.4. The molecule has 1 aliphatic heterocycles. The number of hydrogen-bond acceptors (Lipinski definition) is 7. The molecule has 2 atom stereocenters. The summed E-state index contributed by atoms with van der Waals surface area (Å²) < 4.78 is 12.5. The molecular weight excluding hydrogens is 485 g/mol. The summed E-state index contributed by atoms with van der Waals surface area (Å²) in [6, 6.07) is 8.96. The van der Waals surface area contributed by atoms with Gasteiger partial charge in [0.15, 0.2) is 0 Å². The van der Waals surface area contributed by atoms with Crippen LogP contribution in [0.15, 0.2) is 48.9 Å². The van der Waals surface area contributed by atoms with Crippen LogP contribution in [0.4, 0.5) is 0 Å². The second kappa shape index (κ2) is 12.5. The number of nitrogens with zero attached hydrogens (tertiary/aromatic N) is 3. The van der Waals surface area contributed by atoms with Gasteiger partial charge in [0.2, 0.25) is 11.8 Å². The lowest BCUT2D eigenvalue weighted by Crippen LogP contribution is -2.55. The van der Waals surface area contributed by atoms with E-state index in [9.17, 15) is 14.4 Å². The van der Waals surface area contributed by atoms with Crippen LogP contribution in [0, 0.1) is 0 Å². The Morgan fingerprint density at radius 2 is 1.66 bits per heavy atom. The molecule has 204 valence electrons. The number of carbonyl (C=O) groups excluding carboxylic acids is 3. The molecule has 2 N–H and O–H groups in total. The molecule has 1 aromatic carbocycles. The van der Waals surface area contributed by atoms with Gasteiger partial charge in [-0.3, -0.25) is 19.4 Å². The van der Waals surface area contributed by atoms with Crippen LogP contribution >= 0.6 is 0 Å². The van der Waals surface area contributed by atoms with Gasteiger partial charge in [-0.2, -0.15) is 0 Å². The van der Waals surface area contributed by atoms with Gasteiger partial charge in [0.1, 0.15) is 11.7 Å². The summed E-state index contributed by atoms with van der Waals surface area (Å²) in [5.41, 5.74) is 0.0753. The summed E-state index contributed by atoms with van der Waals surface area (Å²) in [6.07, 6.45) is 6.08. The maximum atomic E-state index is 13.5. The van der Waals surface area contributed by atoms with E-state index in [0.29, 0.717) is 6.42 Å². The first-order chi connectivity index (χ1) is 17.9. The molecule has 2 aromatic rings. The Hall–Kier alpha value is -3.31. The van der Waals surface area contributed by atoms with Crippen LogP contribution in [0.1, 0.15) is 63.0 Å². The molecule has 0 saturated carbocycles. The fraction of sp³-hybridized carbons (Fsp3) is 0.519. The third-order valence-electron chi connectivity index (χ3n) is 7.05. The van der Waals surface area contributed by atoms with E-state index in [1.807, 2.05) is 45.9 Å². The zero-order valence-electron chi connectivity index (χ0n) is 23.1. The smallest absolute Gasteiger partial charge is 0.402 e. The second-order valence-corrected chi connectivity index (χ2v) is 10.7. The average Bonchev–Trinajstić information content (AvgIpc) is 3.10. The molecule has 0 spiro atoms. The van der Waals surface area contributed by atoms with Gasteiger partial charge >= 0.3 is 7.12 Å². The minimum Gasteiger partial charge on any atom is -0.402 e.